The number of β-amino-alcohol motifs (C(OH)–C–C–N with tert-alkyl or cyclic N) is 1. The maximum atomic E-state index is 10.4. The second-order valence-electron chi connectivity index (χ2n) is 2.02. The van der Waals surface area contributed by atoms with Crippen LogP contribution in [0, 0.1) is 0 Å². The molecule has 1 fully saturated rings. The third-order valence-electron chi connectivity index (χ3n) is 1.19. The summed E-state index contributed by atoms with van der Waals surface area (Å²) in [6.07, 6.45) is -0.525. The molecule has 0 unspecified atom stereocenters. The van der Waals surface area contributed by atoms with Gasteiger partial charge in [0.25, 0.3) is 10.2 Å². The normalized spacial score (nSPS) is 23.8. The Morgan fingerprint density at radius 3 is 2.11 bits per heavy atom. The van der Waals surface area contributed by atoms with Crippen molar-refractivity contribution < 1.29 is 13.5 Å². The van der Waals surface area contributed by atoms with Gasteiger partial charge in [0.2, 0.25) is 0 Å². The van der Waals surface area contributed by atoms with Crippen molar-refractivity contribution in [1.82, 2.24) is 4.31 Å². The van der Waals surface area contributed by atoms with Crippen LogP contribution in [0.2, 0.25) is 0 Å². The molecule has 0 saturated carbocycles. The number of hydrogen-bond acceptors (Lipinski definition) is 3. The van der Waals surface area contributed by atoms with Crippen LogP contribution in [0.3, 0.4) is 0 Å². The molecule has 1 aliphatic heterocycles. The van der Waals surface area contributed by atoms with E-state index < -0.39 is 16.3 Å². The summed E-state index contributed by atoms with van der Waals surface area (Å²) in [7, 11) is -3.53. The summed E-state index contributed by atoms with van der Waals surface area (Å²) in [4.78, 5) is 0. The first-order chi connectivity index (χ1) is 4.00. The minimum atomic E-state index is -3.53. The smallest absolute Gasteiger partial charge is 0.277 e. The molecule has 0 aromatic rings. The first-order valence-corrected chi connectivity index (χ1v) is 3.96. The third kappa shape index (κ3) is 1.39. The molecule has 0 radical (unpaired) electrons. The second kappa shape index (κ2) is 1.91. The topological polar surface area (TPSA) is 83.6 Å². The van der Waals surface area contributed by atoms with Crippen LogP contribution in [-0.2, 0) is 10.2 Å². The van der Waals surface area contributed by atoms with Gasteiger partial charge in [0.1, 0.15) is 0 Å². The number of aliphatic hydroxyl groups is 1. The number of nitrogens with two attached hydrogens (primary N) is 1. The van der Waals surface area contributed by atoms with Crippen LogP contribution in [0.25, 0.3) is 0 Å². The molecule has 1 saturated heterocycles. The fourth-order valence-corrected chi connectivity index (χ4v) is 1.38. The largest absolute Gasteiger partial charge is 0.390 e. The molecule has 0 amide bonds. The molecule has 1 rings (SSSR count). The number of rotatable bonds is 1. The van der Waals surface area contributed by atoms with Crippen molar-refractivity contribution in [2.75, 3.05) is 13.1 Å². The van der Waals surface area contributed by atoms with Gasteiger partial charge in [-0.3, -0.25) is 0 Å². The SMILES string of the molecule is NS(=O)(=O)N1CC(O)C1. The molecule has 0 aromatic carbocycles. The number of aliphatic hydroxyl groups excluding tert-OH is 1. The summed E-state index contributed by atoms with van der Waals surface area (Å²) in [5.41, 5.74) is 0. The van der Waals surface area contributed by atoms with Gasteiger partial charge in [-0.25, -0.2) is 5.14 Å². The Bertz CT molecular complexity index is 193. The summed E-state index contributed by atoms with van der Waals surface area (Å²) >= 11 is 0. The van der Waals surface area contributed by atoms with Crippen molar-refractivity contribution in [3.8, 4) is 0 Å². The van der Waals surface area contributed by atoms with E-state index in [0.29, 0.717) is 0 Å². The second-order valence-corrected chi connectivity index (χ2v) is 3.56. The lowest BCUT2D eigenvalue weighted by Crippen LogP contribution is -2.55. The molecule has 3 N–H and O–H groups in total. The van der Waals surface area contributed by atoms with Crippen molar-refractivity contribution in [2.45, 2.75) is 6.10 Å². The Kier molecular flexibility index (Phi) is 1.47. The van der Waals surface area contributed by atoms with Crippen molar-refractivity contribution in [3.63, 3.8) is 0 Å². The molecule has 1 aliphatic rings. The molecule has 0 aromatic heterocycles. The van der Waals surface area contributed by atoms with Gasteiger partial charge in [-0.2, -0.15) is 12.7 Å². The Hall–Kier alpha value is -0.170. The number of hydrogen-bond donors (Lipinski definition) is 2. The molecule has 54 valence electrons. The Morgan fingerprint density at radius 2 is 2.00 bits per heavy atom. The predicted molar refractivity (Wildman–Crippen MR) is 30.7 cm³/mol. The van der Waals surface area contributed by atoms with E-state index in [9.17, 15) is 8.42 Å². The first kappa shape index (κ1) is 6.94. The standard InChI is InChI=1S/C3H8N2O3S/c4-9(7,8)5-1-3(6)2-5/h3,6H,1-2H2,(H2,4,7,8). The molecule has 9 heavy (non-hydrogen) atoms. The summed E-state index contributed by atoms with van der Waals surface area (Å²) in [5, 5.41) is 13.3. The van der Waals surface area contributed by atoms with E-state index in [-0.39, 0.29) is 13.1 Å². The molecule has 0 bridgehead atoms. The van der Waals surface area contributed by atoms with Gasteiger partial charge in [-0.1, -0.05) is 0 Å². The van der Waals surface area contributed by atoms with Gasteiger partial charge in [-0.05, 0) is 0 Å². The summed E-state index contributed by atoms with van der Waals surface area (Å²) in [5.74, 6) is 0. The zero-order valence-corrected chi connectivity index (χ0v) is 5.50. The fraction of sp³-hybridized carbons (Fsp3) is 1.00. The molecule has 0 aliphatic carbocycles. The van der Waals surface area contributed by atoms with E-state index in [1.807, 2.05) is 0 Å². The average molecular weight is 152 g/mol. The van der Waals surface area contributed by atoms with Gasteiger partial charge >= 0.3 is 0 Å². The van der Waals surface area contributed by atoms with E-state index >= 15 is 0 Å². The van der Waals surface area contributed by atoms with Crippen LogP contribution in [0.5, 0.6) is 0 Å². The lowest BCUT2D eigenvalue weighted by molar-refractivity contribution is 0.0548. The fourth-order valence-electron chi connectivity index (χ4n) is 0.624. The maximum Gasteiger partial charge on any atom is 0.277 e. The zero-order chi connectivity index (χ0) is 7.07. The third-order valence-corrected chi connectivity index (χ3v) is 2.21. The Labute approximate surface area is 53.3 Å². The van der Waals surface area contributed by atoms with Gasteiger partial charge in [0.05, 0.1) is 6.10 Å². The van der Waals surface area contributed by atoms with Crippen LogP contribution in [0.4, 0.5) is 0 Å². The van der Waals surface area contributed by atoms with Crippen molar-refractivity contribution in [1.29, 1.82) is 0 Å². The summed E-state index contributed by atoms with van der Waals surface area (Å²) < 4.78 is 21.7. The monoisotopic (exact) mass is 152 g/mol. The quantitative estimate of drug-likeness (QED) is 0.450. The minimum absolute atomic E-state index is 0.138. The zero-order valence-electron chi connectivity index (χ0n) is 4.69. The Morgan fingerprint density at radius 1 is 1.56 bits per heavy atom. The predicted octanol–water partition coefficient (Wildman–Crippen LogP) is -2.13. The van der Waals surface area contributed by atoms with Crippen molar-refractivity contribution in [2.24, 2.45) is 5.14 Å². The lowest BCUT2D eigenvalue weighted by Gasteiger charge is -2.32. The van der Waals surface area contributed by atoms with Crippen LogP contribution < -0.4 is 5.14 Å². The number of nitrogens with zero attached hydrogens (tertiary/aromatic N) is 1. The maximum absolute atomic E-state index is 10.4. The Balaban J connectivity index is 2.51. The average Bonchev–Trinajstić information content (AvgIpc) is 1.55. The van der Waals surface area contributed by atoms with E-state index in [0.717, 1.165) is 4.31 Å². The van der Waals surface area contributed by atoms with E-state index in [2.05, 4.69) is 0 Å². The van der Waals surface area contributed by atoms with Crippen molar-refractivity contribution in [3.05, 3.63) is 0 Å². The minimum Gasteiger partial charge on any atom is -0.390 e. The highest BCUT2D eigenvalue weighted by Gasteiger charge is 2.31. The van der Waals surface area contributed by atoms with Gasteiger partial charge in [-0.15, -0.1) is 0 Å². The lowest BCUT2D eigenvalue weighted by atomic mass is 10.2. The molecule has 1 heterocycles. The molecule has 0 spiro atoms. The highest BCUT2D eigenvalue weighted by Crippen LogP contribution is 2.08. The van der Waals surface area contributed by atoms with E-state index in [4.69, 9.17) is 10.2 Å². The molecular formula is C3H8N2O3S. The van der Waals surface area contributed by atoms with Gasteiger partial charge in [0, 0.05) is 13.1 Å². The van der Waals surface area contributed by atoms with Crippen molar-refractivity contribution >= 4 is 10.2 Å². The van der Waals surface area contributed by atoms with Crippen LogP contribution >= 0.6 is 0 Å². The molecule has 5 nitrogen and oxygen atoms in total. The van der Waals surface area contributed by atoms with Crippen LogP contribution in [-0.4, -0.2) is 37.0 Å². The van der Waals surface area contributed by atoms with Crippen LogP contribution in [0.15, 0.2) is 0 Å². The van der Waals surface area contributed by atoms with Gasteiger partial charge in [0.15, 0.2) is 0 Å². The molecule has 6 heteroatoms. The summed E-state index contributed by atoms with van der Waals surface area (Å²) in [6, 6.07) is 0. The molecule has 0 atom stereocenters. The van der Waals surface area contributed by atoms with Crippen LogP contribution in [0.1, 0.15) is 0 Å². The summed E-state index contributed by atoms with van der Waals surface area (Å²) in [6.45, 7) is 0.275. The molecular weight excluding hydrogens is 144 g/mol. The highest BCUT2D eigenvalue weighted by atomic mass is 32.2. The highest BCUT2D eigenvalue weighted by molar-refractivity contribution is 7.86. The van der Waals surface area contributed by atoms with Gasteiger partial charge < -0.3 is 5.11 Å². The van der Waals surface area contributed by atoms with E-state index in [1.165, 1.54) is 0 Å². The first-order valence-electron chi connectivity index (χ1n) is 2.46. The van der Waals surface area contributed by atoms with E-state index in [1.54, 1.807) is 0 Å².